The molecule has 0 saturated heterocycles. The number of amides is 1. The highest BCUT2D eigenvalue weighted by molar-refractivity contribution is 8.00. The van der Waals surface area contributed by atoms with Gasteiger partial charge in [0.2, 0.25) is 5.91 Å². The SMILES string of the molecule is COCc1cc(C)nc(SCC(=O)N/N=C\c2cc([N+](=O)[O-])ccc2N(C)C)c1C#N. The van der Waals surface area contributed by atoms with E-state index in [1.807, 2.05) is 0 Å². The number of non-ortho nitro benzene ring substituents is 1. The maximum absolute atomic E-state index is 12.2. The fourth-order valence-corrected chi connectivity index (χ4v) is 3.57. The van der Waals surface area contributed by atoms with E-state index in [0.717, 1.165) is 11.8 Å². The Morgan fingerprint density at radius 3 is 2.81 bits per heavy atom. The van der Waals surface area contributed by atoms with Crippen LogP contribution in [0.5, 0.6) is 0 Å². The van der Waals surface area contributed by atoms with Gasteiger partial charge in [-0.05, 0) is 24.6 Å². The molecule has 1 heterocycles. The van der Waals surface area contributed by atoms with Crippen LogP contribution in [0.1, 0.15) is 22.4 Å². The number of nitrogens with one attached hydrogen (secondary N) is 1. The molecule has 0 atom stereocenters. The predicted molar refractivity (Wildman–Crippen MR) is 118 cm³/mol. The van der Waals surface area contributed by atoms with Crippen LogP contribution in [0.15, 0.2) is 34.4 Å². The number of hydrazone groups is 1. The number of anilines is 1. The van der Waals surface area contributed by atoms with Gasteiger partial charge in [-0.15, -0.1) is 0 Å². The number of thioether (sulfide) groups is 1. The maximum Gasteiger partial charge on any atom is 0.270 e. The number of methoxy groups -OCH3 is 1. The summed E-state index contributed by atoms with van der Waals surface area (Å²) in [5, 5.41) is 24.8. The number of pyridine rings is 1. The summed E-state index contributed by atoms with van der Waals surface area (Å²) < 4.78 is 5.12. The minimum Gasteiger partial charge on any atom is -0.380 e. The molecule has 0 aliphatic rings. The fraction of sp³-hybridized carbons (Fsp3) is 0.300. The Balaban J connectivity index is 2.09. The highest BCUT2D eigenvalue weighted by Crippen LogP contribution is 2.25. The van der Waals surface area contributed by atoms with E-state index in [4.69, 9.17) is 4.74 Å². The number of nitriles is 1. The molecule has 0 aliphatic carbocycles. The zero-order valence-corrected chi connectivity index (χ0v) is 18.4. The van der Waals surface area contributed by atoms with Gasteiger partial charge in [0.15, 0.2) is 0 Å². The van der Waals surface area contributed by atoms with Crippen LogP contribution in [0.4, 0.5) is 11.4 Å². The van der Waals surface area contributed by atoms with Crippen molar-refractivity contribution in [3.05, 3.63) is 56.8 Å². The van der Waals surface area contributed by atoms with E-state index >= 15 is 0 Å². The maximum atomic E-state index is 12.2. The first-order valence-electron chi connectivity index (χ1n) is 9.06. The number of carbonyl (C=O) groups excluding carboxylic acids is 1. The van der Waals surface area contributed by atoms with E-state index in [1.54, 1.807) is 38.1 Å². The van der Waals surface area contributed by atoms with Crippen LogP contribution in [0.2, 0.25) is 0 Å². The molecule has 0 saturated carbocycles. The molecule has 1 amide bonds. The molecule has 0 bridgehead atoms. The molecule has 1 aromatic heterocycles. The first-order chi connectivity index (χ1) is 14.8. The summed E-state index contributed by atoms with van der Waals surface area (Å²) in [5.41, 5.74) is 5.32. The van der Waals surface area contributed by atoms with Gasteiger partial charge in [0, 0.05) is 50.3 Å². The minimum atomic E-state index is -0.495. The lowest BCUT2D eigenvalue weighted by atomic mass is 10.1. The summed E-state index contributed by atoms with van der Waals surface area (Å²) >= 11 is 1.12. The zero-order valence-electron chi connectivity index (χ0n) is 17.6. The quantitative estimate of drug-likeness (QED) is 0.271. The number of rotatable bonds is 9. The van der Waals surface area contributed by atoms with Crippen molar-refractivity contribution in [1.29, 1.82) is 5.26 Å². The molecule has 162 valence electrons. The van der Waals surface area contributed by atoms with Crippen LogP contribution in [-0.2, 0) is 16.1 Å². The number of hydrogen-bond acceptors (Lipinski definition) is 9. The Morgan fingerprint density at radius 2 is 2.19 bits per heavy atom. The van der Waals surface area contributed by atoms with Crippen LogP contribution < -0.4 is 10.3 Å². The van der Waals surface area contributed by atoms with Crippen molar-refractivity contribution >= 4 is 35.3 Å². The Kier molecular flexibility index (Phi) is 8.48. The molecule has 0 unspecified atom stereocenters. The van der Waals surface area contributed by atoms with Crippen molar-refractivity contribution in [3.8, 4) is 6.07 Å². The topological polar surface area (TPSA) is 134 Å². The highest BCUT2D eigenvalue weighted by atomic mass is 32.2. The molecule has 0 radical (unpaired) electrons. The number of nitro groups is 1. The Bertz CT molecular complexity index is 1050. The number of hydrogen-bond donors (Lipinski definition) is 1. The van der Waals surface area contributed by atoms with Gasteiger partial charge in [0.1, 0.15) is 11.1 Å². The molecule has 0 aliphatic heterocycles. The fourth-order valence-electron chi connectivity index (χ4n) is 2.71. The average molecular weight is 443 g/mol. The van der Waals surface area contributed by atoms with Crippen molar-refractivity contribution in [1.82, 2.24) is 10.4 Å². The number of benzene rings is 1. The zero-order chi connectivity index (χ0) is 23.0. The van der Waals surface area contributed by atoms with Crippen molar-refractivity contribution in [3.63, 3.8) is 0 Å². The number of aryl methyl sites for hydroxylation is 1. The van der Waals surface area contributed by atoms with Gasteiger partial charge in [-0.3, -0.25) is 14.9 Å². The number of nitro benzene ring substituents is 1. The van der Waals surface area contributed by atoms with Gasteiger partial charge < -0.3 is 9.64 Å². The largest absolute Gasteiger partial charge is 0.380 e. The van der Waals surface area contributed by atoms with Gasteiger partial charge in [-0.25, -0.2) is 10.4 Å². The van der Waals surface area contributed by atoms with Crippen LogP contribution in [0, 0.1) is 28.4 Å². The number of carbonyl (C=O) groups is 1. The smallest absolute Gasteiger partial charge is 0.270 e. The Labute approximate surface area is 184 Å². The standard InChI is InChI=1S/C20H22N6O4S/c1-13-7-15(11-30-4)17(9-21)20(23-13)31-12-19(27)24-22-10-14-8-16(26(28)29)5-6-18(14)25(2)3/h5-8,10H,11-12H2,1-4H3,(H,24,27)/b22-10-. The third-order valence-electron chi connectivity index (χ3n) is 4.04. The molecular weight excluding hydrogens is 420 g/mol. The van der Waals surface area contributed by atoms with Crippen LogP contribution >= 0.6 is 11.8 Å². The Morgan fingerprint density at radius 1 is 1.45 bits per heavy atom. The highest BCUT2D eigenvalue weighted by Gasteiger charge is 2.14. The van der Waals surface area contributed by atoms with E-state index in [1.165, 1.54) is 25.5 Å². The van der Waals surface area contributed by atoms with Crippen LogP contribution in [0.3, 0.4) is 0 Å². The van der Waals surface area contributed by atoms with Crippen LogP contribution in [0.25, 0.3) is 0 Å². The van der Waals surface area contributed by atoms with Gasteiger partial charge in [0.05, 0.1) is 29.1 Å². The van der Waals surface area contributed by atoms with E-state index in [9.17, 15) is 20.2 Å². The molecule has 1 aromatic carbocycles. The minimum absolute atomic E-state index is 0.00955. The summed E-state index contributed by atoms with van der Waals surface area (Å²) in [4.78, 5) is 28.8. The monoisotopic (exact) mass is 442 g/mol. The second kappa shape index (κ2) is 11.1. The second-order valence-electron chi connectivity index (χ2n) is 6.62. The summed E-state index contributed by atoms with van der Waals surface area (Å²) in [5.74, 6) is -0.414. The average Bonchev–Trinajstić information content (AvgIpc) is 2.72. The van der Waals surface area contributed by atoms with E-state index < -0.39 is 10.8 Å². The molecule has 2 aromatic rings. The lowest BCUT2D eigenvalue weighted by Crippen LogP contribution is -2.20. The molecule has 0 spiro atoms. The van der Waals surface area contributed by atoms with E-state index in [2.05, 4.69) is 21.6 Å². The van der Waals surface area contributed by atoms with Crippen molar-refractivity contribution in [2.75, 3.05) is 31.9 Å². The number of ether oxygens (including phenoxy) is 1. The normalized spacial score (nSPS) is 10.7. The van der Waals surface area contributed by atoms with E-state index in [0.29, 0.717) is 33.1 Å². The van der Waals surface area contributed by atoms with Gasteiger partial charge in [0.25, 0.3) is 5.69 Å². The van der Waals surface area contributed by atoms with Crippen molar-refractivity contribution < 1.29 is 14.5 Å². The first-order valence-corrected chi connectivity index (χ1v) is 10.1. The van der Waals surface area contributed by atoms with Crippen molar-refractivity contribution in [2.45, 2.75) is 18.6 Å². The summed E-state index contributed by atoms with van der Waals surface area (Å²) in [6.07, 6.45) is 1.35. The molecule has 2 rings (SSSR count). The lowest BCUT2D eigenvalue weighted by Gasteiger charge is -2.14. The molecule has 1 N–H and O–H groups in total. The number of aromatic nitrogens is 1. The third-order valence-corrected chi connectivity index (χ3v) is 5.02. The number of nitrogens with zero attached hydrogens (tertiary/aromatic N) is 5. The molecule has 11 heteroatoms. The van der Waals surface area contributed by atoms with E-state index in [-0.39, 0.29) is 18.0 Å². The first kappa shape index (κ1) is 23.8. The summed E-state index contributed by atoms with van der Waals surface area (Å²) in [6, 6.07) is 8.29. The van der Waals surface area contributed by atoms with Gasteiger partial charge in [-0.1, -0.05) is 11.8 Å². The predicted octanol–water partition coefficient (Wildman–Crippen LogP) is 2.62. The van der Waals surface area contributed by atoms with Gasteiger partial charge >= 0.3 is 0 Å². The third kappa shape index (κ3) is 6.50. The van der Waals surface area contributed by atoms with Crippen molar-refractivity contribution in [2.24, 2.45) is 5.10 Å². The summed E-state index contributed by atoms with van der Waals surface area (Å²) in [7, 11) is 5.14. The summed E-state index contributed by atoms with van der Waals surface area (Å²) in [6.45, 7) is 2.07. The lowest BCUT2D eigenvalue weighted by molar-refractivity contribution is -0.384. The second-order valence-corrected chi connectivity index (χ2v) is 7.59. The molecular formula is C20H22N6O4S. The Hall–Kier alpha value is -3.49. The van der Waals surface area contributed by atoms with Gasteiger partial charge in [-0.2, -0.15) is 10.4 Å². The molecule has 10 nitrogen and oxygen atoms in total. The molecule has 0 fully saturated rings. The van der Waals surface area contributed by atoms with Crippen LogP contribution in [-0.4, -0.2) is 49.0 Å². The molecule has 31 heavy (non-hydrogen) atoms.